The van der Waals surface area contributed by atoms with Crippen molar-refractivity contribution in [3.05, 3.63) is 24.2 Å². The third-order valence-electron chi connectivity index (χ3n) is 2.95. The third-order valence-corrected chi connectivity index (χ3v) is 2.95. The van der Waals surface area contributed by atoms with E-state index in [9.17, 15) is 14.4 Å². The number of nitrogens with zero attached hydrogens (tertiary/aromatic N) is 2. The van der Waals surface area contributed by atoms with E-state index in [1.165, 1.54) is 22.3 Å². The van der Waals surface area contributed by atoms with Gasteiger partial charge in [-0.2, -0.15) is 0 Å². The molecule has 22 heavy (non-hydrogen) atoms. The van der Waals surface area contributed by atoms with E-state index in [0.717, 1.165) is 0 Å². The van der Waals surface area contributed by atoms with Crippen molar-refractivity contribution >= 4 is 17.9 Å². The van der Waals surface area contributed by atoms with Crippen molar-refractivity contribution in [2.24, 2.45) is 0 Å². The third kappa shape index (κ3) is 3.58. The summed E-state index contributed by atoms with van der Waals surface area (Å²) in [6, 6.07) is 3.06. The molecule has 8 heteroatoms. The van der Waals surface area contributed by atoms with Gasteiger partial charge in [0.15, 0.2) is 12.4 Å². The van der Waals surface area contributed by atoms with Gasteiger partial charge < -0.3 is 14.5 Å². The van der Waals surface area contributed by atoms with Gasteiger partial charge in [-0.15, -0.1) is 6.42 Å². The highest BCUT2D eigenvalue weighted by atomic mass is 16.6. The summed E-state index contributed by atoms with van der Waals surface area (Å²) < 4.78 is 9.71. The minimum Gasteiger partial charge on any atom is -0.459 e. The molecule has 0 saturated carbocycles. The number of hydrogen-bond acceptors (Lipinski definition) is 5. The summed E-state index contributed by atoms with van der Waals surface area (Å²) >= 11 is 0. The molecule has 1 aliphatic rings. The summed E-state index contributed by atoms with van der Waals surface area (Å²) in [6.45, 7) is 0.326. The fraction of sp³-hybridized carbons (Fsp3) is 0.357. The normalized spacial score (nSPS) is 13.6. The van der Waals surface area contributed by atoms with Crippen LogP contribution in [0.5, 0.6) is 0 Å². The number of rotatable bonds is 4. The number of hydrogen-bond donors (Lipinski definition) is 1. The van der Waals surface area contributed by atoms with E-state index < -0.39 is 17.9 Å². The minimum absolute atomic E-state index is 0.111. The Morgan fingerprint density at radius 1 is 1.36 bits per heavy atom. The maximum atomic E-state index is 12.1. The van der Waals surface area contributed by atoms with Gasteiger partial charge in [-0.05, 0) is 18.6 Å². The first-order valence-corrected chi connectivity index (χ1v) is 6.63. The molecule has 0 aliphatic carbocycles. The summed E-state index contributed by atoms with van der Waals surface area (Å²) in [5.74, 6) is 1.37. The van der Waals surface area contributed by atoms with Crippen molar-refractivity contribution in [3.63, 3.8) is 0 Å². The summed E-state index contributed by atoms with van der Waals surface area (Å²) in [5.41, 5.74) is 0. The Morgan fingerprint density at radius 2 is 2.14 bits per heavy atom. The highest BCUT2D eigenvalue weighted by Gasteiger charge is 2.31. The lowest BCUT2D eigenvalue weighted by atomic mass is 10.4. The van der Waals surface area contributed by atoms with Crippen LogP contribution >= 0.6 is 0 Å². The van der Waals surface area contributed by atoms with Gasteiger partial charge in [0.2, 0.25) is 0 Å². The molecule has 1 aromatic heterocycles. The van der Waals surface area contributed by atoms with Crippen LogP contribution in [0.25, 0.3) is 0 Å². The fourth-order valence-electron chi connectivity index (χ4n) is 1.98. The summed E-state index contributed by atoms with van der Waals surface area (Å²) in [6.07, 6.45) is 6.32. The van der Waals surface area contributed by atoms with Crippen LogP contribution in [0.3, 0.4) is 0 Å². The molecule has 2 rings (SSSR count). The van der Waals surface area contributed by atoms with Crippen LogP contribution in [-0.4, -0.2) is 54.2 Å². The second-order valence-electron chi connectivity index (χ2n) is 4.41. The van der Waals surface area contributed by atoms with Crippen molar-refractivity contribution in [1.82, 2.24) is 15.3 Å². The molecule has 0 atom stereocenters. The van der Waals surface area contributed by atoms with E-state index in [1.807, 2.05) is 0 Å². The van der Waals surface area contributed by atoms with Gasteiger partial charge in [0, 0.05) is 13.1 Å². The van der Waals surface area contributed by atoms with Gasteiger partial charge >= 0.3 is 6.09 Å². The van der Waals surface area contributed by atoms with E-state index in [0.29, 0.717) is 19.5 Å². The molecule has 1 aliphatic heterocycles. The summed E-state index contributed by atoms with van der Waals surface area (Å²) in [4.78, 5) is 35.5. The maximum Gasteiger partial charge on any atom is 0.429 e. The van der Waals surface area contributed by atoms with E-state index in [2.05, 4.69) is 11.2 Å². The molecule has 0 spiro atoms. The van der Waals surface area contributed by atoms with Crippen LogP contribution in [0.1, 0.15) is 17.0 Å². The Bertz CT molecular complexity index is 590. The number of nitrogens with one attached hydrogen (secondary N) is 1. The van der Waals surface area contributed by atoms with Crippen LogP contribution in [-0.2, 0) is 9.53 Å². The van der Waals surface area contributed by atoms with Gasteiger partial charge in [-0.1, -0.05) is 5.92 Å². The van der Waals surface area contributed by atoms with E-state index >= 15 is 0 Å². The molecule has 116 valence electrons. The molecule has 1 fully saturated rings. The van der Waals surface area contributed by atoms with Crippen LogP contribution < -0.4 is 5.32 Å². The first-order valence-electron chi connectivity index (χ1n) is 6.63. The smallest absolute Gasteiger partial charge is 0.429 e. The average Bonchev–Trinajstić information content (AvgIpc) is 3.20. The molecule has 0 unspecified atom stereocenters. The van der Waals surface area contributed by atoms with E-state index in [1.54, 1.807) is 6.07 Å². The molecule has 1 aromatic rings. The highest BCUT2D eigenvalue weighted by molar-refractivity contribution is 5.94. The largest absolute Gasteiger partial charge is 0.459 e. The van der Waals surface area contributed by atoms with E-state index in [-0.39, 0.29) is 18.9 Å². The van der Waals surface area contributed by atoms with Gasteiger partial charge in [0.05, 0.1) is 12.8 Å². The SMILES string of the molecule is C#CCOC(=O)N1CCCN1C(=O)CNC(=O)c1ccco1. The van der Waals surface area contributed by atoms with Crippen LogP contribution in [0, 0.1) is 12.3 Å². The molecular formula is C14H15N3O5. The Hall–Kier alpha value is -2.95. The van der Waals surface area contributed by atoms with Crippen LogP contribution in [0.4, 0.5) is 4.79 Å². The zero-order valence-electron chi connectivity index (χ0n) is 11.8. The number of carbonyl (C=O) groups excluding carboxylic acids is 3. The molecule has 0 radical (unpaired) electrons. The zero-order chi connectivity index (χ0) is 15.9. The zero-order valence-corrected chi connectivity index (χ0v) is 11.8. The monoisotopic (exact) mass is 305 g/mol. The highest BCUT2D eigenvalue weighted by Crippen LogP contribution is 2.12. The molecule has 1 saturated heterocycles. The van der Waals surface area contributed by atoms with Crippen LogP contribution in [0.15, 0.2) is 22.8 Å². The molecule has 1 N–H and O–H groups in total. The fourth-order valence-corrected chi connectivity index (χ4v) is 1.98. The standard InChI is InChI=1S/C14H15N3O5/c1-2-8-22-14(20)17-7-4-6-16(17)12(18)10-15-13(19)11-5-3-9-21-11/h1,3,5,9H,4,6-8,10H2,(H,15,19). The number of terminal acetylenes is 1. The van der Waals surface area contributed by atoms with Gasteiger partial charge in [0.25, 0.3) is 11.8 Å². The first-order chi connectivity index (χ1) is 10.6. The van der Waals surface area contributed by atoms with Gasteiger partial charge in [0.1, 0.15) is 0 Å². The second-order valence-corrected chi connectivity index (χ2v) is 4.41. The maximum absolute atomic E-state index is 12.1. The Kier molecular flexibility index (Phi) is 5.03. The van der Waals surface area contributed by atoms with Crippen molar-refractivity contribution < 1.29 is 23.5 Å². The van der Waals surface area contributed by atoms with E-state index in [4.69, 9.17) is 15.6 Å². The van der Waals surface area contributed by atoms with Gasteiger partial charge in [-0.3, -0.25) is 9.59 Å². The summed E-state index contributed by atoms with van der Waals surface area (Å²) in [5, 5.41) is 4.85. The topological polar surface area (TPSA) is 92.1 Å². The quantitative estimate of drug-likeness (QED) is 0.804. The van der Waals surface area contributed by atoms with Crippen molar-refractivity contribution in [2.75, 3.05) is 26.2 Å². The minimum atomic E-state index is -0.679. The Balaban J connectivity index is 1.87. The number of amides is 3. The lowest BCUT2D eigenvalue weighted by Crippen LogP contribution is -2.48. The first kappa shape index (κ1) is 15.4. The molecule has 0 aromatic carbocycles. The number of furan rings is 1. The van der Waals surface area contributed by atoms with Crippen molar-refractivity contribution in [2.45, 2.75) is 6.42 Å². The molecule has 8 nitrogen and oxygen atoms in total. The predicted octanol–water partition coefficient (Wildman–Crippen LogP) is 0.228. The average molecular weight is 305 g/mol. The molecular weight excluding hydrogens is 290 g/mol. The Morgan fingerprint density at radius 3 is 2.82 bits per heavy atom. The van der Waals surface area contributed by atoms with Crippen molar-refractivity contribution in [1.29, 1.82) is 0 Å². The lowest BCUT2D eigenvalue weighted by Gasteiger charge is -2.26. The summed E-state index contributed by atoms with van der Waals surface area (Å²) in [7, 11) is 0. The number of carbonyl (C=O) groups is 3. The molecule has 2 heterocycles. The van der Waals surface area contributed by atoms with Crippen molar-refractivity contribution in [3.8, 4) is 12.3 Å². The molecule has 0 bridgehead atoms. The predicted molar refractivity (Wildman–Crippen MR) is 74.3 cm³/mol. The molecule has 3 amide bonds. The number of ether oxygens (including phenoxy) is 1. The second kappa shape index (κ2) is 7.17. The number of hydrazine groups is 1. The Labute approximate surface area is 127 Å². The van der Waals surface area contributed by atoms with Crippen LogP contribution in [0.2, 0.25) is 0 Å². The lowest BCUT2D eigenvalue weighted by molar-refractivity contribution is -0.140. The van der Waals surface area contributed by atoms with Gasteiger partial charge in [-0.25, -0.2) is 14.8 Å².